The number of fused-ring (bicyclic) bond motifs is 1. The Morgan fingerprint density at radius 2 is 2.27 bits per heavy atom. The first-order valence-electron chi connectivity index (χ1n) is 4.88. The molecule has 0 aromatic carbocycles. The first-order chi connectivity index (χ1) is 7.02. The standard InChI is InChI=1S/C11H14N2O2/c1-11(2)7-15-8-5-4-6-12-9(8)13(3)10(11)14/h4-6H,7H2,1-3H3. The van der Waals surface area contributed by atoms with Crippen molar-refractivity contribution >= 4 is 11.7 Å². The molecule has 0 N–H and O–H groups in total. The maximum Gasteiger partial charge on any atom is 0.237 e. The molecule has 15 heavy (non-hydrogen) atoms. The van der Waals surface area contributed by atoms with E-state index in [-0.39, 0.29) is 5.91 Å². The van der Waals surface area contributed by atoms with Crippen molar-refractivity contribution in [1.82, 2.24) is 4.98 Å². The van der Waals surface area contributed by atoms with Gasteiger partial charge in [0.2, 0.25) is 5.91 Å². The van der Waals surface area contributed by atoms with Gasteiger partial charge in [0.15, 0.2) is 11.6 Å². The number of hydrogen-bond acceptors (Lipinski definition) is 3. The largest absolute Gasteiger partial charge is 0.489 e. The zero-order chi connectivity index (χ0) is 11.1. The molecule has 80 valence electrons. The third-order valence-electron chi connectivity index (χ3n) is 2.54. The van der Waals surface area contributed by atoms with Crippen molar-refractivity contribution in [3.63, 3.8) is 0 Å². The number of pyridine rings is 1. The SMILES string of the molecule is CN1C(=O)C(C)(C)COc2cccnc21. The Hall–Kier alpha value is -1.58. The maximum atomic E-state index is 12.0. The molecule has 0 fully saturated rings. The number of amides is 1. The second-order valence-electron chi connectivity index (χ2n) is 4.36. The molecule has 4 nitrogen and oxygen atoms in total. The summed E-state index contributed by atoms with van der Waals surface area (Å²) in [4.78, 5) is 17.7. The Balaban J connectivity index is 2.48. The van der Waals surface area contributed by atoms with E-state index in [1.54, 1.807) is 24.2 Å². The number of aromatic nitrogens is 1. The Labute approximate surface area is 88.9 Å². The van der Waals surface area contributed by atoms with Crippen LogP contribution in [0.4, 0.5) is 5.82 Å². The van der Waals surface area contributed by atoms with Crippen LogP contribution >= 0.6 is 0 Å². The third-order valence-corrected chi connectivity index (χ3v) is 2.54. The number of hydrogen-bond donors (Lipinski definition) is 0. The molecule has 1 aliphatic rings. The lowest BCUT2D eigenvalue weighted by atomic mass is 9.93. The monoisotopic (exact) mass is 206 g/mol. The smallest absolute Gasteiger partial charge is 0.237 e. The van der Waals surface area contributed by atoms with Gasteiger partial charge in [-0.05, 0) is 26.0 Å². The van der Waals surface area contributed by atoms with Crippen molar-refractivity contribution in [3.05, 3.63) is 18.3 Å². The third kappa shape index (κ3) is 1.56. The van der Waals surface area contributed by atoms with Crippen LogP contribution in [0.25, 0.3) is 0 Å². The minimum Gasteiger partial charge on any atom is -0.489 e. The lowest BCUT2D eigenvalue weighted by Gasteiger charge is -2.23. The van der Waals surface area contributed by atoms with Crippen molar-refractivity contribution in [3.8, 4) is 5.75 Å². The Bertz CT molecular complexity index is 401. The molecule has 1 amide bonds. The van der Waals surface area contributed by atoms with Crippen molar-refractivity contribution in [1.29, 1.82) is 0 Å². The molecule has 2 rings (SSSR count). The molecule has 0 atom stereocenters. The predicted octanol–water partition coefficient (Wildman–Crippen LogP) is 1.46. The van der Waals surface area contributed by atoms with Crippen LogP contribution in [-0.4, -0.2) is 24.5 Å². The normalized spacial score (nSPS) is 19.1. The topological polar surface area (TPSA) is 42.4 Å². The van der Waals surface area contributed by atoms with Gasteiger partial charge in [-0.3, -0.25) is 9.69 Å². The average Bonchev–Trinajstić information content (AvgIpc) is 2.31. The second-order valence-corrected chi connectivity index (χ2v) is 4.36. The Morgan fingerprint density at radius 3 is 3.00 bits per heavy atom. The second kappa shape index (κ2) is 3.22. The lowest BCUT2D eigenvalue weighted by molar-refractivity contribution is -0.127. The molecule has 1 aromatic rings. The van der Waals surface area contributed by atoms with E-state index in [0.717, 1.165) is 0 Å². The number of nitrogens with zero attached hydrogens (tertiary/aromatic N) is 2. The average molecular weight is 206 g/mol. The number of carbonyl (C=O) groups excluding carboxylic acids is 1. The summed E-state index contributed by atoms with van der Waals surface area (Å²) < 4.78 is 5.58. The molecule has 0 aliphatic carbocycles. The molecule has 0 radical (unpaired) electrons. The summed E-state index contributed by atoms with van der Waals surface area (Å²) in [7, 11) is 1.73. The summed E-state index contributed by atoms with van der Waals surface area (Å²) in [6, 6.07) is 3.63. The van der Waals surface area contributed by atoms with Crippen LogP contribution in [0.15, 0.2) is 18.3 Å². The van der Waals surface area contributed by atoms with Gasteiger partial charge in [-0.25, -0.2) is 4.98 Å². The molecule has 0 saturated carbocycles. The van der Waals surface area contributed by atoms with E-state index < -0.39 is 5.41 Å². The quantitative estimate of drug-likeness (QED) is 0.645. The first-order valence-corrected chi connectivity index (χ1v) is 4.88. The highest BCUT2D eigenvalue weighted by atomic mass is 16.5. The van der Waals surface area contributed by atoms with Gasteiger partial charge in [0, 0.05) is 13.2 Å². The van der Waals surface area contributed by atoms with E-state index in [4.69, 9.17) is 4.74 Å². The molecule has 0 saturated heterocycles. The van der Waals surface area contributed by atoms with Crippen LogP contribution in [0.5, 0.6) is 5.75 Å². The minimum atomic E-state index is -0.505. The van der Waals surface area contributed by atoms with E-state index in [2.05, 4.69) is 4.98 Å². The van der Waals surface area contributed by atoms with Gasteiger partial charge in [0.25, 0.3) is 0 Å². The molecule has 0 spiro atoms. The van der Waals surface area contributed by atoms with Gasteiger partial charge in [-0.2, -0.15) is 0 Å². The van der Waals surface area contributed by atoms with Gasteiger partial charge >= 0.3 is 0 Å². The summed E-state index contributed by atoms with van der Waals surface area (Å²) in [5.74, 6) is 1.28. The van der Waals surface area contributed by atoms with Crippen molar-refractivity contribution in [2.75, 3.05) is 18.6 Å². The summed E-state index contributed by atoms with van der Waals surface area (Å²) in [5.41, 5.74) is -0.505. The fourth-order valence-electron chi connectivity index (χ4n) is 1.62. The minimum absolute atomic E-state index is 0.0277. The molecule has 2 heterocycles. The summed E-state index contributed by atoms with van der Waals surface area (Å²) in [6.07, 6.45) is 1.66. The van der Waals surface area contributed by atoms with Gasteiger partial charge in [0.05, 0.1) is 5.41 Å². The summed E-state index contributed by atoms with van der Waals surface area (Å²) in [5, 5.41) is 0. The predicted molar refractivity (Wildman–Crippen MR) is 56.9 cm³/mol. The van der Waals surface area contributed by atoms with Crippen molar-refractivity contribution < 1.29 is 9.53 Å². The molecule has 1 aliphatic heterocycles. The van der Waals surface area contributed by atoms with Crippen molar-refractivity contribution in [2.24, 2.45) is 5.41 Å². The Morgan fingerprint density at radius 1 is 1.53 bits per heavy atom. The highest BCUT2D eigenvalue weighted by molar-refractivity contribution is 5.97. The fraction of sp³-hybridized carbons (Fsp3) is 0.455. The van der Waals surface area contributed by atoms with Crippen LogP contribution in [0.1, 0.15) is 13.8 Å². The number of anilines is 1. The zero-order valence-corrected chi connectivity index (χ0v) is 9.15. The molecule has 4 heteroatoms. The number of carbonyl (C=O) groups is 1. The van der Waals surface area contributed by atoms with E-state index in [0.29, 0.717) is 18.2 Å². The number of ether oxygens (including phenoxy) is 1. The van der Waals surface area contributed by atoms with Crippen molar-refractivity contribution in [2.45, 2.75) is 13.8 Å². The van der Waals surface area contributed by atoms with E-state index in [1.165, 1.54) is 0 Å². The molecule has 0 bridgehead atoms. The summed E-state index contributed by atoms with van der Waals surface area (Å²) in [6.45, 7) is 4.13. The molecule has 0 unspecified atom stereocenters. The molecular weight excluding hydrogens is 192 g/mol. The highest BCUT2D eigenvalue weighted by Gasteiger charge is 2.36. The fourth-order valence-corrected chi connectivity index (χ4v) is 1.62. The van der Waals surface area contributed by atoms with Gasteiger partial charge in [-0.15, -0.1) is 0 Å². The van der Waals surface area contributed by atoms with Crippen LogP contribution in [0, 0.1) is 5.41 Å². The van der Waals surface area contributed by atoms with Crippen LogP contribution in [-0.2, 0) is 4.79 Å². The van der Waals surface area contributed by atoms with Gasteiger partial charge in [-0.1, -0.05) is 0 Å². The lowest BCUT2D eigenvalue weighted by Crippen LogP contribution is -2.40. The molecular formula is C11H14N2O2. The van der Waals surface area contributed by atoms with Crippen LogP contribution in [0.3, 0.4) is 0 Å². The van der Waals surface area contributed by atoms with E-state index in [9.17, 15) is 4.79 Å². The highest BCUT2D eigenvalue weighted by Crippen LogP contribution is 2.33. The van der Waals surface area contributed by atoms with Gasteiger partial charge in [0.1, 0.15) is 6.61 Å². The van der Waals surface area contributed by atoms with E-state index >= 15 is 0 Å². The summed E-state index contributed by atoms with van der Waals surface area (Å²) >= 11 is 0. The first kappa shape index (κ1) is 9.96. The number of rotatable bonds is 0. The zero-order valence-electron chi connectivity index (χ0n) is 9.15. The Kier molecular flexibility index (Phi) is 2.14. The van der Waals surface area contributed by atoms with E-state index in [1.807, 2.05) is 19.9 Å². The van der Waals surface area contributed by atoms with Crippen LogP contribution < -0.4 is 9.64 Å². The van der Waals surface area contributed by atoms with Crippen LogP contribution in [0.2, 0.25) is 0 Å². The maximum absolute atomic E-state index is 12.0. The molecule has 1 aromatic heterocycles. The van der Waals surface area contributed by atoms with Gasteiger partial charge < -0.3 is 4.74 Å².